The minimum atomic E-state index is -3.26. The molecule has 6 heteroatoms. The molecule has 0 aliphatic carbocycles. The summed E-state index contributed by atoms with van der Waals surface area (Å²) in [6, 6.07) is 0. The molecule has 0 spiro atoms. The molecule has 0 aromatic heterocycles. The van der Waals surface area contributed by atoms with Crippen molar-refractivity contribution in [3.63, 3.8) is 0 Å². The summed E-state index contributed by atoms with van der Waals surface area (Å²) in [4.78, 5) is 11.3. The summed E-state index contributed by atoms with van der Waals surface area (Å²) in [6.07, 6.45) is 2.16. The molecule has 0 saturated carbocycles. The first-order valence-corrected chi connectivity index (χ1v) is 8.89. The van der Waals surface area contributed by atoms with Crippen LogP contribution in [0.2, 0.25) is 0 Å². The lowest BCUT2D eigenvalue weighted by Gasteiger charge is -2.38. The number of rotatable bonds is 6. The molecule has 1 aliphatic rings. The minimum absolute atomic E-state index is 0.123. The van der Waals surface area contributed by atoms with Crippen molar-refractivity contribution in [1.29, 1.82) is 0 Å². The zero-order chi connectivity index (χ0) is 15.6. The van der Waals surface area contributed by atoms with Crippen LogP contribution in [0.4, 0.5) is 0 Å². The predicted molar refractivity (Wildman–Crippen MR) is 79.0 cm³/mol. The Morgan fingerprint density at radius 2 is 2.00 bits per heavy atom. The van der Waals surface area contributed by atoms with Crippen molar-refractivity contribution in [2.24, 2.45) is 17.3 Å². The SMILES string of the molecule is CC(C)CCS(=O)(=O)N1CCCC(C(C)(C)C(=O)O)C1. The number of hydrogen-bond acceptors (Lipinski definition) is 3. The Kier molecular flexibility index (Phi) is 5.61. The Morgan fingerprint density at radius 3 is 2.50 bits per heavy atom. The molecule has 0 amide bonds. The van der Waals surface area contributed by atoms with Crippen molar-refractivity contribution < 1.29 is 18.3 Å². The van der Waals surface area contributed by atoms with Crippen LogP contribution in [0.5, 0.6) is 0 Å². The maximum absolute atomic E-state index is 12.3. The van der Waals surface area contributed by atoms with Gasteiger partial charge in [0.25, 0.3) is 0 Å². The first-order chi connectivity index (χ1) is 9.07. The first-order valence-electron chi connectivity index (χ1n) is 7.28. The predicted octanol–water partition coefficient (Wildman–Crippen LogP) is 2.19. The standard InChI is InChI=1S/C14H27NO4S/c1-11(2)7-9-20(18,19)15-8-5-6-12(10-15)14(3,4)13(16)17/h11-12H,5-10H2,1-4H3,(H,16,17). The average Bonchev–Trinajstić information content (AvgIpc) is 2.36. The number of sulfonamides is 1. The van der Waals surface area contributed by atoms with Crippen LogP contribution >= 0.6 is 0 Å². The van der Waals surface area contributed by atoms with Crippen LogP contribution in [0.25, 0.3) is 0 Å². The van der Waals surface area contributed by atoms with Gasteiger partial charge in [0.05, 0.1) is 11.2 Å². The van der Waals surface area contributed by atoms with Crippen LogP contribution in [-0.4, -0.2) is 42.6 Å². The fourth-order valence-electron chi connectivity index (χ4n) is 2.47. The summed E-state index contributed by atoms with van der Waals surface area (Å²) in [7, 11) is -3.26. The molecule has 1 rings (SSSR count). The fraction of sp³-hybridized carbons (Fsp3) is 0.929. The summed E-state index contributed by atoms with van der Waals surface area (Å²) in [5, 5.41) is 9.29. The van der Waals surface area contributed by atoms with Gasteiger partial charge in [-0.25, -0.2) is 12.7 Å². The molecule has 1 unspecified atom stereocenters. The van der Waals surface area contributed by atoms with Crippen molar-refractivity contribution in [3.8, 4) is 0 Å². The van der Waals surface area contributed by atoms with E-state index in [1.165, 1.54) is 4.31 Å². The highest BCUT2D eigenvalue weighted by Gasteiger charge is 2.41. The number of carbonyl (C=O) groups is 1. The van der Waals surface area contributed by atoms with Gasteiger partial charge in [-0.2, -0.15) is 0 Å². The first kappa shape index (κ1) is 17.4. The second-order valence-electron chi connectivity index (χ2n) is 6.72. The number of piperidine rings is 1. The van der Waals surface area contributed by atoms with Crippen LogP contribution < -0.4 is 0 Å². The van der Waals surface area contributed by atoms with Gasteiger partial charge in [-0.05, 0) is 44.9 Å². The van der Waals surface area contributed by atoms with Crippen LogP contribution in [-0.2, 0) is 14.8 Å². The summed E-state index contributed by atoms with van der Waals surface area (Å²) in [6.45, 7) is 8.23. The second-order valence-corrected chi connectivity index (χ2v) is 8.81. The summed E-state index contributed by atoms with van der Waals surface area (Å²) >= 11 is 0. The lowest BCUT2D eigenvalue weighted by molar-refractivity contribution is -0.151. The van der Waals surface area contributed by atoms with E-state index in [9.17, 15) is 18.3 Å². The second kappa shape index (κ2) is 6.43. The molecule has 1 atom stereocenters. The van der Waals surface area contributed by atoms with E-state index in [0.29, 0.717) is 25.4 Å². The number of aliphatic carboxylic acids is 1. The maximum Gasteiger partial charge on any atom is 0.309 e. The molecule has 0 bridgehead atoms. The Hall–Kier alpha value is -0.620. The zero-order valence-electron chi connectivity index (χ0n) is 12.9. The van der Waals surface area contributed by atoms with Crippen LogP contribution in [0.15, 0.2) is 0 Å². The molecule has 1 saturated heterocycles. The third-order valence-corrected chi connectivity index (χ3v) is 6.17. The van der Waals surface area contributed by atoms with E-state index in [1.807, 2.05) is 13.8 Å². The smallest absolute Gasteiger partial charge is 0.309 e. The Balaban J connectivity index is 2.76. The van der Waals surface area contributed by atoms with Crippen molar-refractivity contribution in [3.05, 3.63) is 0 Å². The van der Waals surface area contributed by atoms with Gasteiger partial charge < -0.3 is 5.11 Å². The summed E-state index contributed by atoms with van der Waals surface area (Å²) in [5.74, 6) is -0.474. The van der Waals surface area contributed by atoms with E-state index in [4.69, 9.17) is 0 Å². The van der Waals surface area contributed by atoms with Gasteiger partial charge >= 0.3 is 5.97 Å². The number of carboxylic acids is 1. The van der Waals surface area contributed by atoms with Gasteiger partial charge in [0.2, 0.25) is 10.0 Å². The van der Waals surface area contributed by atoms with Crippen molar-refractivity contribution >= 4 is 16.0 Å². The van der Waals surface area contributed by atoms with Gasteiger partial charge in [0, 0.05) is 13.1 Å². The summed E-state index contributed by atoms with van der Waals surface area (Å²) < 4.78 is 26.1. The van der Waals surface area contributed by atoms with Gasteiger partial charge in [0.15, 0.2) is 0 Å². The molecule has 5 nitrogen and oxygen atoms in total. The Morgan fingerprint density at radius 1 is 1.40 bits per heavy atom. The quantitative estimate of drug-likeness (QED) is 0.816. The highest BCUT2D eigenvalue weighted by Crippen LogP contribution is 2.35. The zero-order valence-corrected chi connectivity index (χ0v) is 13.7. The van der Waals surface area contributed by atoms with E-state index in [-0.39, 0.29) is 11.7 Å². The van der Waals surface area contributed by atoms with Gasteiger partial charge in [-0.3, -0.25) is 4.79 Å². The molecule has 0 aromatic rings. The third-order valence-electron chi connectivity index (χ3n) is 4.30. The average molecular weight is 305 g/mol. The lowest BCUT2D eigenvalue weighted by Crippen LogP contribution is -2.47. The number of carboxylic acid groups (broad SMARTS) is 1. The van der Waals surface area contributed by atoms with E-state index in [1.54, 1.807) is 13.8 Å². The molecular formula is C14H27NO4S. The largest absolute Gasteiger partial charge is 0.481 e. The molecule has 0 aromatic carbocycles. The maximum atomic E-state index is 12.3. The minimum Gasteiger partial charge on any atom is -0.481 e. The van der Waals surface area contributed by atoms with Gasteiger partial charge in [-0.15, -0.1) is 0 Å². The lowest BCUT2D eigenvalue weighted by atomic mass is 9.75. The third kappa shape index (κ3) is 4.19. The van der Waals surface area contributed by atoms with Crippen LogP contribution in [0.3, 0.4) is 0 Å². The molecule has 1 fully saturated rings. The van der Waals surface area contributed by atoms with Crippen molar-refractivity contribution in [2.45, 2.75) is 47.0 Å². The van der Waals surface area contributed by atoms with E-state index in [2.05, 4.69) is 0 Å². The van der Waals surface area contributed by atoms with Crippen molar-refractivity contribution in [1.82, 2.24) is 4.31 Å². The van der Waals surface area contributed by atoms with Crippen LogP contribution in [0, 0.1) is 17.3 Å². The van der Waals surface area contributed by atoms with E-state index >= 15 is 0 Å². The Bertz CT molecular complexity index is 442. The van der Waals surface area contributed by atoms with Crippen LogP contribution in [0.1, 0.15) is 47.0 Å². The monoisotopic (exact) mass is 305 g/mol. The topological polar surface area (TPSA) is 74.7 Å². The molecule has 0 radical (unpaired) electrons. The number of nitrogens with zero attached hydrogens (tertiary/aromatic N) is 1. The molecule has 1 N–H and O–H groups in total. The van der Waals surface area contributed by atoms with E-state index < -0.39 is 21.4 Å². The number of hydrogen-bond donors (Lipinski definition) is 1. The highest BCUT2D eigenvalue weighted by molar-refractivity contribution is 7.89. The molecule has 118 valence electrons. The molecule has 20 heavy (non-hydrogen) atoms. The highest BCUT2D eigenvalue weighted by atomic mass is 32.2. The molecular weight excluding hydrogens is 278 g/mol. The Labute approximate surface area is 122 Å². The normalized spacial score (nSPS) is 22.1. The van der Waals surface area contributed by atoms with E-state index in [0.717, 1.165) is 12.8 Å². The van der Waals surface area contributed by atoms with Gasteiger partial charge in [-0.1, -0.05) is 13.8 Å². The van der Waals surface area contributed by atoms with Crippen molar-refractivity contribution in [2.75, 3.05) is 18.8 Å². The fourth-order valence-corrected chi connectivity index (χ4v) is 4.31. The van der Waals surface area contributed by atoms with Gasteiger partial charge in [0.1, 0.15) is 0 Å². The summed E-state index contributed by atoms with van der Waals surface area (Å²) in [5.41, 5.74) is -0.883. The molecule has 1 aliphatic heterocycles. The molecule has 1 heterocycles.